The Hall–Kier alpha value is -1.84. The van der Waals surface area contributed by atoms with Crippen molar-refractivity contribution in [3.05, 3.63) is 24.4 Å². The molecule has 0 unspecified atom stereocenters. The Bertz CT molecular complexity index is 517. The van der Waals surface area contributed by atoms with Gasteiger partial charge in [-0.3, -0.25) is 9.89 Å². The number of carbonyl (C=O) groups excluding carboxylic acids is 1. The summed E-state index contributed by atoms with van der Waals surface area (Å²) >= 11 is 0. The Morgan fingerprint density at radius 1 is 1.37 bits per heavy atom. The first kappa shape index (κ1) is 15.2. The van der Waals surface area contributed by atoms with Gasteiger partial charge in [0, 0.05) is 17.5 Å². The maximum Gasteiger partial charge on any atom is 0.224 e. The lowest BCUT2D eigenvalue weighted by atomic mass is 10.1. The highest BCUT2D eigenvalue weighted by molar-refractivity contribution is 5.93. The zero-order valence-electron chi connectivity index (χ0n) is 12.2. The van der Waals surface area contributed by atoms with E-state index in [2.05, 4.69) is 29.4 Å². The summed E-state index contributed by atoms with van der Waals surface area (Å²) in [6, 6.07) is 5.73. The molecule has 2 N–H and O–H groups in total. The third-order valence-corrected chi connectivity index (χ3v) is 2.67. The van der Waals surface area contributed by atoms with E-state index in [4.69, 9.17) is 0 Å². The van der Waals surface area contributed by atoms with Crippen LogP contribution in [0.15, 0.2) is 24.4 Å². The Morgan fingerprint density at radius 2 is 2.11 bits per heavy atom. The molecule has 104 valence electrons. The van der Waals surface area contributed by atoms with E-state index in [0.29, 0.717) is 12.3 Å². The lowest BCUT2D eigenvalue weighted by Gasteiger charge is -2.06. The molecule has 0 aliphatic heterocycles. The standard InChI is InChI=1S/C13H17N3O.C2H6/c1-9(2)3-6-13(17)15-11-5-4-10-8-14-16-12(10)7-11;1-2/h4-5,7-9H,3,6H2,1-2H3,(H,14,16)(H,15,17);1-2H3. The molecule has 0 spiro atoms. The molecule has 0 saturated heterocycles. The Labute approximate surface area is 114 Å². The Balaban J connectivity index is 0.000000861. The summed E-state index contributed by atoms with van der Waals surface area (Å²) in [5.41, 5.74) is 1.75. The number of aromatic amines is 1. The van der Waals surface area contributed by atoms with Crippen LogP contribution >= 0.6 is 0 Å². The molecule has 0 fully saturated rings. The zero-order valence-corrected chi connectivity index (χ0v) is 12.2. The van der Waals surface area contributed by atoms with Crippen LogP contribution < -0.4 is 5.32 Å². The average Bonchev–Trinajstić information content (AvgIpc) is 2.86. The van der Waals surface area contributed by atoms with Gasteiger partial charge in [0.25, 0.3) is 0 Å². The van der Waals surface area contributed by atoms with E-state index in [-0.39, 0.29) is 5.91 Å². The topological polar surface area (TPSA) is 57.8 Å². The molecule has 2 aromatic rings. The van der Waals surface area contributed by atoms with Gasteiger partial charge in [-0.1, -0.05) is 27.7 Å². The molecular weight excluding hydrogens is 238 g/mol. The van der Waals surface area contributed by atoms with Gasteiger partial charge in [-0.25, -0.2) is 0 Å². The minimum atomic E-state index is 0.0672. The van der Waals surface area contributed by atoms with Crippen LogP contribution in [0.1, 0.15) is 40.5 Å². The summed E-state index contributed by atoms with van der Waals surface area (Å²) in [7, 11) is 0. The number of hydrogen-bond acceptors (Lipinski definition) is 2. The molecule has 1 amide bonds. The number of amides is 1. The summed E-state index contributed by atoms with van der Waals surface area (Å²) in [6.45, 7) is 8.23. The minimum absolute atomic E-state index is 0.0672. The summed E-state index contributed by atoms with van der Waals surface area (Å²) in [6.07, 6.45) is 3.25. The number of aromatic nitrogens is 2. The van der Waals surface area contributed by atoms with Crippen molar-refractivity contribution in [2.45, 2.75) is 40.5 Å². The molecule has 19 heavy (non-hydrogen) atoms. The molecule has 1 aromatic heterocycles. The number of carbonyl (C=O) groups is 1. The molecule has 0 aliphatic carbocycles. The van der Waals surface area contributed by atoms with E-state index in [9.17, 15) is 4.79 Å². The van der Waals surface area contributed by atoms with Crippen LogP contribution in [0.3, 0.4) is 0 Å². The maximum atomic E-state index is 11.7. The van der Waals surface area contributed by atoms with Crippen LogP contribution in [0.25, 0.3) is 10.9 Å². The van der Waals surface area contributed by atoms with Crippen molar-refractivity contribution in [2.24, 2.45) is 5.92 Å². The van der Waals surface area contributed by atoms with Gasteiger partial charge in [0.1, 0.15) is 0 Å². The van der Waals surface area contributed by atoms with Crippen LogP contribution in [-0.4, -0.2) is 16.1 Å². The molecule has 4 nitrogen and oxygen atoms in total. The molecule has 0 aliphatic rings. The highest BCUT2D eigenvalue weighted by Crippen LogP contribution is 2.17. The van der Waals surface area contributed by atoms with Crippen molar-refractivity contribution in [1.29, 1.82) is 0 Å². The summed E-state index contributed by atoms with van der Waals surface area (Å²) in [4.78, 5) is 11.7. The number of nitrogens with zero attached hydrogens (tertiary/aromatic N) is 1. The first-order valence-electron chi connectivity index (χ1n) is 6.88. The van der Waals surface area contributed by atoms with Crippen LogP contribution in [-0.2, 0) is 4.79 Å². The fraction of sp³-hybridized carbons (Fsp3) is 0.467. The van der Waals surface area contributed by atoms with Crippen molar-refractivity contribution in [2.75, 3.05) is 5.32 Å². The predicted octanol–water partition coefficient (Wildman–Crippen LogP) is 3.96. The molecule has 0 radical (unpaired) electrons. The number of nitrogens with one attached hydrogen (secondary N) is 2. The average molecular weight is 261 g/mol. The van der Waals surface area contributed by atoms with Gasteiger partial charge in [0.05, 0.1) is 11.7 Å². The molecule has 2 rings (SSSR count). The monoisotopic (exact) mass is 261 g/mol. The number of rotatable bonds is 4. The molecule has 0 bridgehead atoms. The second-order valence-corrected chi connectivity index (χ2v) is 4.65. The second-order valence-electron chi connectivity index (χ2n) is 4.65. The first-order chi connectivity index (χ1) is 9.15. The van der Waals surface area contributed by atoms with Crippen molar-refractivity contribution >= 4 is 22.5 Å². The summed E-state index contributed by atoms with van der Waals surface area (Å²) < 4.78 is 0. The predicted molar refractivity (Wildman–Crippen MR) is 80.1 cm³/mol. The van der Waals surface area contributed by atoms with E-state index in [1.54, 1.807) is 6.20 Å². The maximum absolute atomic E-state index is 11.7. The van der Waals surface area contributed by atoms with Gasteiger partial charge in [0.15, 0.2) is 0 Å². The fourth-order valence-corrected chi connectivity index (χ4v) is 1.66. The smallest absolute Gasteiger partial charge is 0.224 e. The minimum Gasteiger partial charge on any atom is -0.326 e. The van der Waals surface area contributed by atoms with Crippen LogP contribution in [0.4, 0.5) is 5.69 Å². The quantitative estimate of drug-likeness (QED) is 0.875. The highest BCUT2D eigenvalue weighted by atomic mass is 16.1. The normalized spacial score (nSPS) is 10.2. The Kier molecular flexibility index (Phi) is 6.06. The van der Waals surface area contributed by atoms with E-state index >= 15 is 0 Å². The summed E-state index contributed by atoms with van der Waals surface area (Å²) in [5.74, 6) is 0.619. The van der Waals surface area contributed by atoms with Crippen LogP contribution in [0, 0.1) is 5.92 Å². The van der Waals surface area contributed by atoms with Crippen LogP contribution in [0.5, 0.6) is 0 Å². The summed E-state index contributed by atoms with van der Waals surface area (Å²) in [5, 5.41) is 10.8. The van der Waals surface area contributed by atoms with Gasteiger partial charge in [-0.2, -0.15) is 5.10 Å². The number of fused-ring (bicyclic) bond motifs is 1. The van der Waals surface area contributed by atoms with Gasteiger partial charge in [-0.05, 0) is 30.5 Å². The molecule has 0 atom stereocenters. The van der Waals surface area contributed by atoms with Crippen molar-refractivity contribution in [3.8, 4) is 0 Å². The lowest BCUT2D eigenvalue weighted by Crippen LogP contribution is -2.12. The largest absolute Gasteiger partial charge is 0.326 e. The van der Waals surface area contributed by atoms with E-state index in [0.717, 1.165) is 23.0 Å². The molecule has 0 saturated carbocycles. The van der Waals surface area contributed by atoms with Gasteiger partial charge >= 0.3 is 0 Å². The van der Waals surface area contributed by atoms with Crippen molar-refractivity contribution in [3.63, 3.8) is 0 Å². The van der Waals surface area contributed by atoms with Crippen molar-refractivity contribution in [1.82, 2.24) is 10.2 Å². The molecular formula is C15H23N3O. The highest BCUT2D eigenvalue weighted by Gasteiger charge is 2.05. The van der Waals surface area contributed by atoms with Crippen LogP contribution in [0.2, 0.25) is 0 Å². The first-order valence-corrected chi connectivity index (χ1v) is 6.88. The third-order valence-electron chi connectivity index (χ3n) is 2.67. The number of hydrogen-bond donors (Lipinski definition) is 2. The molecule has 4 heteroatoms. The zero-order chi connectivity index (χ0) is 14.3. The molecule has 1 heterocycles. The van der Waals surface area contributed by atoms with E-state index < -0.39 is 0 Å². The van der Waals surface area contributed by atoms with E-state index in [1.165, 1.54) is 0 Å². The molecule has 1 aromatic carbocycles. The SMILES string of the molecule is CC.CC(C)CCC(=O)Nc1ccc2cn[nH]c2c1. The van der Waals surface area contributed by atoms with Gasteiger partial charge < -0.3 is 5.32 Å². The van der Waals surface area contributed by atoms with Crippen molar-refractivity contribution < 1.29 is 4.79 Å². The third kappa shape index (κ3) is 4.73. The van der Waals surface area contributed by atoms with Gasteiger partial charge in [-0.15, -0.1) is 0 Å². The number of H-pyrrole nitrogens is 1. The van der Waals surface area contributed by atoms with Gasteiger partial charge in [0.2, 0.25) is 5.91 Å². The number of anilines is 1. The second kappa shape index (κ2) is 7.56. The number of benzene rings is 1. The fourth-order valence-electron chi connectivity index (χ4n) is 1.66. The van der Waals surface area contributed by atoms with E-state index in [1.807, 2.05) is 32.0 Å². The Morgan fingerprint density at radius 3 is 2.79 bits per heavy atom. The lowest BCUT2D eigenvalue weighted by molar-refractivity contribution is -0.116.